The third-order valence-corrected chi connectivity index (χ3v) is 32.0. The fourth-order valence-electron chi connectivity index (χ4n) is 21.2. The topological polar surface area (TPSA) is 305 Å². The van der Waals surface area contributed by atoms with Crippen LogP contribution in [0.5, 0.6) is 0 Å². The second kappa shape index (κ2) is 43.5. The molecule has 15 unspecified atom stereocenters. The summed E-state index contributed by atoms with van der Waals surface area (Å²) in [6.45, 7) is 49.5. The summed E-state index contributed by atoms with van der Waals surface area (Å²) in [7, 11) is 0. The highest BCUT2D eigenvalue weighted by Gasteiger charge is 2.69. The molecule has 710 valence electrons. The van der Waals surface area contributed by atoms with Gasteiger partial charge in [-0.15, -0.1) is 0 Å². The van der Waals surface area contributed by atoms with E-state index in [9.17, 15) is 62.1 Å². The maximum atomic E-state index is 12.8. The zero-order chi connectivity index (χ0) is 92.8. The minimum atomic E-state index is -4.61. The number of carbonyl (C=O) groups excluding carboxylic acids is 7. The Morgan fingerprint density at radius 2 is 0.885 bits per heavy atom. The van der Waals surface area contributed by atoms with Crippen LogP contribution < -0.4 is 0 Å². The van der Waals surface area contributed by atoms with E-state index in [4.69, 9.17) is 43.7 Å². The number of hydrogen-bond acceptors (Lipinski definition) is 20. The second-order valence-corrected chi connectivity index (χ2v) is 44.8. The zero-order valence-electron chi connectivity index (χ0n) is 80.9. The third kappa shape index (κ3) is 28.2. The highest BCUT2D eigenvalue weighted by molar-refractivity contribution is 5.79. The number of carbonyl (C=O) groups is 7. The van der Waals surface area contributed by atoms with Crippen LogP contribution in [0.4, 0.5) is 13.2 Å². The van der Waals surface area contributed by atoms with Gasteiger partial charge in [-0.05, 0) is 337 Å². The van der Waals surface area contributed by atoms with Gasteiger partial charge in [0.2, 0.25) is 0 Å². The van der Waals surface area contributed by atoms with E-state index in [1.807, 2.05) is 111 Å². The van der Waals surface area contributed by atoms with Crippen LogP contribution in [-0.2, 0) is 66.7 Å². The summed E-state index contributed by atoms with van der Waals surface area (Å²) >= 11 is 0. The molecule has 0 spiro atoms. The van der Waals surface area contributed by atoms with Gasteiger partial charge in [-0.1, -0.05) is 101 Å². The van der Waals surface area contributed by atoms with Crippen molar-refractivity contribution in [2.24, 2.45) is 109 Å². The molecular formula is C99H173F3O20. The van der Waals surface area contributed by atoms with E-state index in [-0.39, 0.29) is 143 Å². The highest BCUT2D eigenvalue weighted by Crippen LogP contribution is 2.71. The molecule has 0 radical (unpaired) electrons. The predicted octanol–water partition coefficient (Wildman–Crippen LogP) is 20.6. The molecule has 0 saturated heterocycles. The lowest BCUT2D eigenvalue weighted by Gasteiger charge is -2.62. The summed E-state index contributed by atoms with van der Waals surface area (Å²) in [5.74, 6) is 5.70. The number of aliphatic hydroxyl groups is 6. The van der Waals surface area contributed by atoms with Crippen LogP contribution in [0.2, 0.25) is 0 Å². The molecule has 6 N–H and O–H groups in total. The molecule has 12 aliphatic rings. The van der Waals surface area contributed by atoms with Crippen LogP contribution in [0.25, 0.3) is 0 Å². The van der Waals surface area contributed by atoms with Gasteiger partial charge in [0.05, 0.1) is 62.8 Å². The van der Waals surface area contributed by atoms with Gasteiger partial charge in [0.1, 0.15) is 47.8 Å². The molecule has 0 aromatic rings. The Bertz CT molecular complexity index is 3270. The van der Waals surface area contributed by atoms with Crippen molar-refractivity contribution in [3.63, 3.8) is 0 Å². The maximum absolute atomic E-state index is 12.8. The number of esters is 7. The minimum absolute atomic E-state index is 0.0455. The Hall–Kier alpha value is -4.16. The first-order valence-corrected chi connectivity index (χ1v) is 47.7. The number of aliphatic hydroxyl groups excluding tert-OH is 3. The van der Waals surface area contributed by atoms with Crippen molar-refractivity contribution in [3.05, 3.63) is 0 Å². The molecule has 0 amide bonds. The molecule has 12 saturated carbocycles. The Kier molecular flexibility index (Phi) is 38.6. The van der Waals surface area contributed by atoms with Crippen molar-refractivity contribution in [3.8, 4) is 0 Å². The molecule has 16 atom stereocenters. The predicted molar refractivity (Wildman–Crippen MR) is 468 cm³/mol. The van der Waals surface area contributed by atoms with Gasteiger partial charge in [0, 0.05) is 25.2 Å². The smallest absolute Gasteiger partial charge is 0.416 e. The van der Waals surface area contributed by atoms with E-state index >= 15 is 0 Å². The first-order chi connectivity index (χ1) is 56.1. The van der Waals surface area contributed by atoms with Crippen molar-refractivity contribution < 1.29 is 111 Å². The van der Waals surface area contributed by atoms with Crippen LogP contribution in [0, 0.1) is 109 Å². The van der Waals surface area contributed by atoms with Crippen LogP contribution >= 0.6 is 0 Å². The summed E-state index contributed by atoms with van der Waals surface area (Å²) < 4.78 is 77.3. The summed E-state index contributed by atoms with van der Waals surface area (Å²) in [6, 6.07) is 0. The van der Waals surface area contributed by atoms with Gasteiger partial charge in [-0.3, -0.25) is 33.6 Å². The Morgan fingerprint density at radius 3 is 1.29 bits per heavy atom. The average molecular weight is 1740 g/mol. The number of alkyl halides is 3. The SMILES string of the molecule is CCC(C)(C)C(=O)OC(C)(C)C1CCCCC1.CCC(C)(C)C(=O)OC(C)(C)C1CCCCC1.CCC(C)(C)C(=O)OC12CC3CC(O)(CC(O)(C3)C1)C2.CCC(C)(C)C(=O)OC1CC2CC1CC2CC(C)(O)C(F)(F)F.CCC(C)(C)C(=O)OCC(O)CO.CCC(C)(C)C(=O)O[C@@]1(CC)CC2CC1C1C3CCC(C3)C21.CCC(C)C(=O)OCCO. The third-order valence-electron chi connectivity index (χ3n) is 32.0. The first-order valence-electron chi connectivity index (χ1n) is 47.7. The normalized spacial score (nSPS) is 30.6. The van der Waals surface area contributed by atoms with E-state index in [2.05, 4.69) is 46.3 Å². The van der Waals surface area contributed by atoms with E-state index in [0.717, 1.165) is 107 Å². The molecule has 10 bridgehead atoms. The number of halogens is 3. The van der Waals surface area contributed by atoms with Gasteiger partial charge < -0.3 is 63.8 Å². The minimum Gasteiger partial charge on any atom is -0.463 e. The van der Waals surface area contributed by atoms with Crippen molar-refractivity contribution in [1.82, 2.24) is 0 Å². The van der Waals surface area contributed by atoms with Crippen molar-refractivity contribution in [2.45, 2.75) is 449 Å². The summed E-state index contributed by atoms with van der Waals surface area (Å²) in [5.41, 5.74) is -8.30. The van der Waals surface area contributed by atoms with E-state index in [1.54, 1.807) is 20.8 Å². The van der Waals surface area contributed by atoms with Crippen LogP contribution in [-0.4, -0.2) is 156 Å². The average Bonchev–Trinajstić information content (AvgIpc) is 1.48. The molecule has 12 fully saturated rings. The van der Waals surface area contributed by atoms with Crippen molar-refractivity contribution >= 4 is 41.8 Å². The number of rotatable bonds is 29. The van der Waals surface area contributed by atoms with Gasteiger partial charge in [0.15, 0.2) is 5.60 Å². The molecule has 12 rings (SSSR count). The van der Waals surface area contributed by atoms with Crippen molar-refractivity contribution in [2.75, 3.05) is 26.4 Å². The van der Waals surface area contributed by atoms with Gasteiger partial charge in [-0.2, -0.15) is 13.2 Å². The van der Waals surface area contributed by atoms with Crippen LogP contribution in [0.3, 0.4) is 0 Å². The van der Waals surface area contributed by atoms with E-state index in [0.29, 0.717) is 62.7 Å². The van der Waals surface area contributed by atoms with Gasteiger partial charge in [-0.25, -0.2) is 0 Å². The summed E-state index contributed by atoms with van der Waals surface area (Å²) in [5, 5.41) is 56.7. The Balaban J connectivity index is 0.000000257. The maximum Gasteiger partial charge on any atom is 0.416 e. The van der Waals surface area contributed by atoms with Gasteiger partial charge in [0.25, 0.3) is 0 Å². The summed E-state index contributed by atoms with van der Waals surface area (Å²) in [6.07, 6.45) is 25.6. The molecule has 12 aliphatic carbocycles. The van der Waals surface area contributed by atoms with Crippen LogP contribution in [0.15, 0.2) is 0 Å². The van der Waals surface area contributed by atoms with Gasteiger partial charge >= 0.3 is 48.0 Å². The highest BCUT2D eigenvalue weighted by atomic mass is 19.4. The fourth-order valence-corrected chi connectivity index (χ4v) is 21.2. The second-order valence-electron chi connectivity index (χ2n) is 44.8. The lowest BCUT2D eigenvalue weighted by molar-refractivity contribution is -0.264. The molecule has 0 aliphatic heterocycles. The molecular weight excluding hydrogens is 1570 g/mol. The molecule has 0 heterocycles. The fraction of sp³-hybridized carbons (Fsp3) is 0.929. The monoisotopic (exact) mass is 1740 g/mol. The van der Waals surface area contributed by atoms with Crippen molar-refractivity contribution in [1.29, 1.82) is 0 Å². The lowest BCUT2D eigenvalue weighted by atomic mass is 9.50. The number of hydrogen-bond donors (Lipinski definition) is 6. The van der Waals surface area contributed by atoms with Crippen LogP contribution in [0.1, 0.15) is 392 Å². The quantitative estimate of drug-likeness (QED) is 0.0230. The lowest BCUT2D eigenvalue weighted by Crippen LogP contribution is -2.67. The molecule has 122 heavy (non-hydrogen) atoms. The first kappa shape index (κ1) is 108. The number of fused-ring (bicyclic) bond motifs is 11. The molecule has 0 aromatic heterocycles. The zero-order valence-corrected chi connectivity index (χ0v) is 80.9. The molecule has 20 nitrogen and oxygen atoms in total. The standard InChI is InChI=1S/C20H32O2.C17H27F3O3.C16H26O4.2C15H28O2.C9H18O4.C7H14O3/c1-5-19(3,4)18(21)22-20(6-2)11-14-10-15(20)17-13-8-7-12(9-13)16(14)17;1-5-15(2,3)14(21)23-13-8-10-6-11(13)7-12(10)9-16(4,22)17(18,19)20;1-4-13(2,3)12(17)20-16-7-11-5-14(18,9-16)8-15(19,6-11)10-16;2*1-6-14(2,3)13(16)17-15(4,5)12-10-8-7-9-11-12;1-4-9(2,3)8(12)13-6-7(11)5-10;1-3-6(2)7(9)10-5-4-8/h12-17H,5-11H2,1-4H3;10-13,22H,5-9H2,1-4H3;11,18-19H,4-10H2,1-3H3;2*12H,6-11H2,1-5H3;7,10-11H,4-6H2,1-3H3;6,8H,3-5H2,1-2H3/t12?,13?,14?,15?,16?,17?,20-;;;;;;/m0....../s1. The molecule has 23 heteroatoms. The Labute approximate surface area is 734 Å². The van der Waals surface area contributed by atoms with E-state index < -0.39 is 50.9 Å². The largest absolute Gasteiger partial charge is 0.463 e. The summed E-state index contributed by atoms with van der Waals surface area (Å²) in [4.78, 5) is 83.6. The molecule has 0 aromatic carbocycles. The Morgan fingerprint density at radius 1 is 0.459 bits per heavy atom. The van der Waals surface area contributed by atoms with E-state index in [1.165, 1.54) is 89.9 Å². The number of ether oxygens (including phenoxy) is 7.